The van der Waals surface area contributed by atoms with Gasteiger partial charge in [0.1, 0.15) is 5.75 Å². The number of likely N-dealkylation sites (tertiary alicyclic amines) is 1. The second-order valence-corrected chi connectivity index (χ2v) is 4.85. The van der Waals surface area contributed by atoms with E-state index in [0.29, 0.717) is 24.5 Å². The molecular formula is C15H19NO4. The number of carboxylic acids is 1. The van der Waals surface area contributed by atoms with Crippen molar-refractivity contribution in [3.8, 4) is 5.75 Å². The summed E-state index contributed by atoms with van der Waals surface area (Å²) in [6.07, 6.45) is 1.62. The number of amides is 1. The van der Waals surface area contributed by atoms with Crippen LogP contribution >= 0.6 is 0 Å². The van der Waals surface area contributed by atoms with E-state index in [1.807, 2.05) is 6.92 Å². The van der Waals surface area contributed by atoms with Gasteiger partial charge in [0.05, 0.1) is 13.0 Å². The fraction of sp³-hybridized carbons (Fsp3) is 0.467. The lowest BCUT2D eigenvalue weighted by molar-refractivity contribution is -0.137. The predicted octanol–water partition coefficient (Wildman–Crippen LogP) is 2.16. The van der Waals surface area contributed by atoms with Gasteiger partial charge in [0.25, 0.3) is 5.91 Å². The molecule has 20 heavy (non-hydrogen) atoms. The third-order valence-electron chi connectivity index (χ3n) is 3.44. The molecule has 0 aromatic heterocycles. The molecule has 0 aliphatic carbocycles. The van der Waals surface area contributed by atoms with Crippen LogP contribution in [0.1, 0.15) is 36.5 Å². The molecule has 1 aromatic rings. The highest BCUT2D eigenvalue weighted by molar-refractivity contribution is 5.95. The van der Waals surface area contributed by atoms with E-state index in [9.17, 15) is 9.59 Å². The van der Waals surface area contributed by atoms with Crippen molar-refractivity contribution in [2.45, 2.75) is 32.2 Å². The maximum absolute atomic E-state index is 12.5. The average Bonchev–Trinajstić information content (AvgIpc) is 2.86. The first-order valence-corrected chi connectivity index (χ1v) is 6.87. The molecule has 0 spiro atoms. The van der Waals surface area contributed by atoms with Crippen molar-refractivity contribution in [1.82, 2.24) is 4.90 Å². The molecule has 1 unspecified atom stereocenters. The zero-order valence-corrected chi connectivity index (χ0v) is 11.5. The lowest BCUT2D eigenvalue weighted by Gasteiger charge is -2.23. The van der Waals surface area contributed by atoms with Gasteiger partial charge in [-0.1, -0.05) is 6.07 Å². The molecule has 1 atom stereocenters. The van der Waals surface area contributed by atoms with Crippen molar-refractivity contribution >= 4 is 11.9 Å². The SMILES string of the molecule is CCOc1cccc(C(=O)N2CCCC2CC(=O)O)c1. The van der Waals surface area contributed by atoms with Crippen LogP contribution in [0.5, 0.6) is 5.75 Å². The van der Waals surface area contributed by atoms with E-state index in [2.05, 4.69) is 0 Å². The maximum atomic E-state index is 12.5. The Hall–Kier alpha value is -2.04. The molecule has 1 N–H and O–H groups in total. The first kappa shape index (κ1) is 14.4. The molecule has 5 heteroatoms. The van der Waals surface area contributed by atoms with Crippen LogP contribution in [0.3, 0.4) is 0 Å². The number of nitrogens with zero attached hydrogens (tertiary/aromatic N) is 1. The Morgan fingerprint density at radius 2 is 2.25 bits per heavy atom. The van der Waals surface area contributed by atoms with Gasteiger partial charge >= 0.3 is 5.97 Å². The van der Waals surface area contributed by atoms with Gasteiger partial charge in [0, 0.05) is 18.2 Å². The molecule has 0 saturated carbocycles. The molecule has 1 aliphatic heterocycles. The lowest BCUT2D eigenvalue weighted by Crippen LogP contribution is -2.36. The first-order valence-electron chi connectivity index (χ1n) is 6.87. The number of hydrogen-bond donors (Lipinski definition) is 1. The first-order chi connectivity index (χ1) is 9.61. The van der Waals surface area contributed by atoms with Gasteiger partial charge in [-0.25, -0.2) is 0 Å². The second kappa shape index (κ2) is 6.41. The van der Waals surface area contributed by atoms with Crippen LogP contribution in [-0.4, -0.2) is 41.1 Å². The molecule has 0 radical (unpaired) electrons. The molecule has 1 aromatic carbocycles. The summed E-state index contributed by atoms with van der Waals surface area (Å²) in [5.41, 5.74) is 0.549. The van der Waals surface area contributed by atoms with Gasteiger partial charge in [-0.05, 0) is 38.0 Å². The van der Waals surface area contributed by atoms with Crippen LogP contribution in [0.2, 0.25) is 0 Å². The predicted molar refractivity (Wildman–Crippen MR) is 73.9 cm³/mol. The third kappa shape index (κ3) is 3.29. The summed E-state index contributed by atoms with van der Waals surface area (Å²) in [4.78, 5) is 25.0. The van der Waals surface area contributed by atoms with Gasteiger partial charge in [-0.3, -0.25) is 9.59 Å². The summed E-state index contributed by atoms with van der Waals surface area (Å²) >= 11 is 0. The quantitative estimate of drug-likeness (QED) is 0.895. The topological polar surface area (TPSA) is 66.8 Å². The smallest absolute Gasteiger partial charge is 0.305 e. The Morgan fingerprint density at radius 3 is 2.95 bits per heavy atom. The maximum Gasteiger partial charge on any atom is 0.305 e. The third-order valence-corrected chi connectivity index (χ3v) is 3.44. The van der Waals surface area contributed by atoms with E-state index in [-0.39, 0.29) is 18.4 Å². The molecule has 108 valence electrons. The zero-order chi connectivity index (χ0) is 14.5. The lowest BCUT2D eigenvalue weighted by atomic mass is 10.1. The molecule has 5 nitrogen and oxygen atoms in total. The van der Waals surface area contributed by atoms with Crippen LogP contribution < -0.4 is 4.74 Å². The van der Waals surface area contributed by atoms with E-state index >= 15 is 0 Å². The molecule has 1 fully saturated rings. The van der Waals surface area contributed by atoms with Crippen molar-refractivity contribution in [2.24, 2.45) is 0 Å². The minimum absolute atomic E-state index is 0.0108. The van der Waals surface area contributed by atoms with E-state index in [4.69, 9.17) is 9.84 Å². The summed E-state index contributed by atoms with van der Waals surface area (Å²) in [7, 11) is 0. The highest BCUT2D eigenvalue weighted by atomic mass is 16.5. The van der Waals surface area contributed by atoms with Crippen LogP contribution in [-0.2, 0) is 4.79 Å². The Labute approximate surface area is 118 Å². The minimum atomic E-state index is -0.863. The van der Waals surface area contributed by atoms with Crippen molar-refractivity contribution in [1.29, 1.82) is 0 Å². The van der Waals surface area contributed by atoms with Crippen LogP contribution in [0, 0.1) is 0 Å². The molecule has 2 rings (SSSR count). The highest BCUT2D eigenvalue weighted by Gasteiger charge is 2.30. The largest absolute Gasteiger partial charge is 0.494 e. The van der Waals surface area contributed by atoms with Crippen LogP contribution in [0.15, 0.2) is 24.3 Å². The Bertz CT molecular complexity index is 500. The Kier molecular flexibility index (Phi) is 4.61. The van der Waals surface area contributed by atoms with Crippen LogP contribution in [0.25, 0.3) is 0 Å². The van der Waals surface area contributed by atoms with Gasteiger partial charge in [0.15, 0.2) is 0 Å². The van der Waals surface area contributed by atoms with Gasteiger partial charge < -0.3 is 14.7 Å². The molecule has 1 aliphatic rings. The Balaban J connectivity index is 2.13. The zero-order valence-electron chi connectivity index (χ0n) is 11.5. The Morgan fingerprint density at radius 1 is 1.45 bits per heavy atom. The van der Waals surface area contributed by atoms with E-state index in [1.165, 1.54) is 0 Å². The molecule has 0 bridgehead atoms. The summed E-state index contributed by atoms with van der Waals surface area (Å²) in [5.74, 6) is -0.319. The van der Waals surface area contributed by atoms with E-state index < -0.39 is 5.97 Å². The van der Waals surface area contributed by atoms with Gasteiger partial charge in [-0.2, -0.15) is 0 Å². The summed E-state index contributed by atoms with van der Waals surface area (Å²) in [6, 6.07) is 6.83. The highest BCUT2D eigenvalue weighted by Crippen LogP contribution is 2.24. The molecule has 1 amide bonds. The van der Waals surface area contributed by atoms with Crippen LogP contribution in [0.4, 0.5) is 0 Å². The fourth-order valence-electron chi connectivity index (χ4n) is 2.57. The van der Waals surface area contributed by atoms with Crippen molar-refractivity contribution in [2.75, 3.05) is 13.2 Å². The van der Waals surface area contributed by atoms with Crippen molar-refractivity contribution in [3.05, 3.63) is 29.8 Å². The minimum Gasteiger partial charge on any atom is -0.494 e. The number of carboxylic acid groups (broad SMARTS) is 1. The standard InChI is InChI=1S/C15H19NO4/c1-2-20-13-7-3-5-11(9-13)15(19)16-8-4-6-12(16)10-14(17)18/h3,5,7,9,12H,2,4,6,8,10H2,1H3,(H,17,18). The summed E-state index contributed by atoms with van der Waals surface area (Å²) < 4.78 is 5.39. The van der Waals surface area contributed by atoms with E-state index in [0.717, 1.165) is 12.8 Å². The molecule has 1 heterocycles. The number of hydrogen-bond acceptors (Lipinski definition) is 3. The normalized spacial score (nSPS) is 18.1. The molecule has 1 saturated heterocycles. The average molecular weight is 277 g/mol. The number of ether oxygens (including phenoxy) is 1. The molecular weight excluding hydrogens is 258 g/mol. The van der Waals surface area contributed by atoms with Crippen molar-refractivity contribution in [3.63, 3.8) is 0 Å². The fourth-order valence-corrected chi connectivity index (χ4v) is 2.57. The van der Waals surface area contributed by atoms with Crippen molar-refractivity contribution < 1.29 is 19.4 Å². The second-order valence-electron chi connectivity index (χ2n) is 4.85. The number of aliphatic carboxylic acids is 1. The monoisotopic (exact) mass is 277 g/mol. The van der Waals surface area contributed by atoms with E-state index in [1.54, 1.807) is 29.2 Å². The summed E-state index contributed by atoms with van der Waals surface area (Å²) in [5, 5.41) is 8.90. The number of carbonyl (C=O) groups excluding carboxylic acids is 1. The number of rotatable bonds is 5. The van der Waals surface area contributed by atoms with Gasteiger partial charge in [-0.15, -0.1) is 0 Å². The number of benzene rings is 1. The number of carbonyl (C=O) groups is 2. The summed E-state index contributed by atoms with van der Waals surface area (Å²) in [6.45, 7) is 3.05. The van der Waals surface area contributed by atoms with Gasteiger partial charge in [0.2, 0.25) is 0 Å².